The van der Waals surface area contributed by atoms with Crippen LogP contribution in [0.15, 0.2) is 25.7 Å². The Hall–Kier alpha value is -1.13. The molecule has 0 aromatic heterocycles. The molecule has 0 bridgehead atoms. The molecule has 1 rings (SSSR count). The summed E-state index contributed by atoms with van der Waals surface area (Å²) in [5.41, 5.74) is 0. The first-order valence-corrected chi connectivity index (χ1v) is 5.09. The van der Waals surface area contributed by atoms with E-state index in [1.54, 1.807) is 0 Å². The Bertz CT molecular complexity index is 141. The Kier molecular flexibility index (Phi) is 29.9. The Morgan fingerprint density at radius 3 is 1.50 bits per heavy atom. The summed E-state index contributed by atoms with van der Waals surface area (Å²) in [5.74, 6) is 0.464. The number of ether oxygens (including phenoxy) is 1. The molecule has 1 aliphatic rings. The number of carbonyl (C=O) groups excluding carboxylic acids is 1. The smallest absolute Gasteiger partial charge is 0.132 e. The van der Waals surface area contributed by atoms with Gasteiger partial charge in [0.2, 0.25) is 0 Å². The molecule has 0 radical (unpaired) electrons. The van der Waals surface area contributed by atoms with E-state index in [0.717, 1.165) is 39.9 Å². The van der Waals surface area contributed by atoms with Gasteiger partial charge in [-0.3, -0.25) is 4.79 Å². The van der Waals surface area contributed by atoms with Crippen LogP contribution in [0.1, 0.15) is 32.1 Å². The van der Waals surface area contributed by atoms with Gasteiger partial charge in [0.05, 0.1) is 12.5 Å². The maximum atomic E-state index is 10.5. The molecule has 4 nitrogen and oxygen atoms in total. The molecule has 16 heavy (non-hydrogen) atoms. The van der Waals surface area contributed by atoms with Crippen molar-refractivity contribution in [2.45, 2.75) is 32.1 Å². The molecule has 1 fully saturated rings. The fourth-order valence-corrected chi connectivity index (χ4v) is 1.01. The molecule has 0 spiro atoms. The minimum absolute atomic E-state index is 0.464. The van der Waals surface area contributed by atoms with Crippen molar-refractivity contribution in [3.63, 3.8) is 0 Å². The molecular weight excluding hydrogens is 208 g/mol. The second-order valence-electron chi connectivity index (χ2n) is 2.57. The molecule has 0 aromatic rings. The highest BCUT2D eigenvalue weighted by atomic mass is 16.5. The second kappa shape index (κ2) is 23.6. The van der Waals surface area contributed by atoms with Crippen molar-refractivity contribution in [3.8, 4) is 0 Å². The monoisotopic (exact) mass is 232 g/mol. The quantitative estimate of drug-likeness (QED) is 0.715. The molecule has 0 aliphatic heterocycles. The summed E-state index contributed by atoms with van der Waals surface area (Å²) >= 11 is 0. The van der Waals surface area contributed by atoms with Crippen molar-refractivity contribution in [2.75, 3.05) is 14.2 Å². The van der Waals surface area contributed by atoms with Gasteiger partial charge in [-0.25, -0.2) is 0 Å². The van der Waals surface area contributed by atoms with Crippen LogP contribution >= 0.6 is 0 Å². The number of hydrogen-bond donors (Lipinski definition) is 2. The number of aliphatic hydroxyl groups is 2. The number of rotatable bonds is 2. The van der Waals surface area contributed by atoms with E-state index in [2.05, 4.69) is 17.9 Å². The van der Waals surface area contributed by atoms with E-state index in [0.29, 0.717) is 5.78 Å². The summed E-state index contributed by atoms with van der Waals surface area (Å²) < 4.78 is 4.36. The summed E-state index contributed by atoms with van der Waals surface area (Å²) in [4.78, 5) is 10.5. The molecule has 0 atom stereocenters. The van der Waals surface area contributed by atoms with Crippen molar-refractivity contribution in [1.82, 2.24) is 0 Å². The molecule has 0 unspecified atom stereocenters. The predicted octanol–water partition coefficient (Wildman–Crippen LogP) is 2.03. The summed E-state index contributed by atoms with van der Waals surface area (Å²) in [6, 6.07) is 0. The maximum absolute atomic E-state index is 10.5. The van der Waals surface area contributed by atoms with Crippen molar-refractivity contribution in [1.29, 1.82) is 0 Å². The molecule has 0 heterocycles. The van der Waals surface area contributed by atoms with Gasteiger partial charge in [0.15, 0.2) is 0 Å². The Labute approximate surface area is 98.2 Å². The fourth-order valence-electron chi connectivity index (χ4n) is 1.01. The van der Waals surface area contributed by atoms with Gasteiger partial charge >= 0.3 is 0 Å². The van der Waals surface area contributed by atoms with Gasteiger partial charge in [-0.1, -0.05) is 19.6 Å². The van der Waals surface area contributed by atoms with E-state index < -0.39 is 0 Å². The van der Waals surface area contributed by atoms with Gasteiger partial charge in [-0.05, 0) is 12.8 Å². The zero-order valence-electron chi connectivity index (χ0n) is 10.3. The normalized spacial score (nSPS) is 12.4. The van der Waals surface area contributed by atoms with Crippen LogP contribution in [0.25, 0.3) is 0 Å². The van der Waals surface area contributed by atoms with Crippen molar-refractivity contribution in [3.05, 3.63) is 25.7 Å². The van der Waals surface area contributed by atoms with Crippen molar-refractivity contribution in [2.24, 2.45) is 0 Å². The SMILES string of the molecule is C=COC=C.CO.CO.O=C1CCCCC1. The molecule has 4 heteroatoms. The predicted molar refractivity (Wildman–Crippen MR) is 65.9 cm³/mol. The average molecular weight is 232 g/mol. The molecule has 1 saturated carbocycles. The lowest BCUT2D eigenvalue weighted by molar-refractivity contribution is -0.120. The van der Waals surface area contributed by atoms with Gasteiger partial charge in [-0.2, -0.15) is 0 Å². The number of carbonyl (C=O) groups is 1. The van der Waals surface area contributed by atoms with Crippen LogP contribution in [0.2, 0.25) is 0 Å². The van der Waals surface area contributed by atoms with E-state index in [1.807, 2.05) is 0 Å². The van der Waals surface area contributed by atoms with Crippen molar-refractivity contribution >= 4 is 5.78 Å². The van der Waals surface area contributed by atoms with Crippen LogP contribution in [0.3, 0.4) is 0 Å². The summed E-state index contributed by atoms with van der Waals surface area (Å²) in [5, 5.41) is 14.0. The molecule has 2 N–H and O–H groups in total. The first-order valence-electron chi connectivity index (χ1n) is 5.09. The summed E-state index contributed by atoms with van der Waals surface area (Å²) in [6.45, 7) is 6.51. The Morgan fingerprint density at radius 1 is 1.00 bits per heavy atom. The van der Waals surface area contributed by atoms with Gasteiger partial charge in [-0.15, -0.1) is 0 Å². The van der Waals surface area contributed by atoms with Gasteiger partial charge in [0.1, 0.15) is 5.78 Å². The number of hydrogen-bond acceptors (Lipinski definition) is 4. The third-order valence-electron chi connectivity index (χ3n) is 1.60. The maximum Gasteiger partial charge on any atom is 0.132 e. The lowest BCUT2D eigenvalue weighted by atomic mass is 10.00. The van der Waals surface area contributed by atoms with Crippen LogP contribution in [0.4, 0.5) is 0 Å². The van der Waals surface area contributed by atoms with Crippen LogP contribution < -0.4 is 0 Å². The molecule has 0 aromatic carbocycles. The second-order valence-corrected chi connectivity index (χ2v) is 2.57. The van der Waals surface area contributed by atoms with Crippen molar-refractivity contribution < 1.29 is 19.7 Å². The van der Waals surface area contributed by atoms with Gasteiger partial charge in [0.25, 0.3) is 0 Å². The van der Waals surface area contributed by atoms with Crippen LogP contribution in [-0.4, -0.2) is 30.2 Å². The Morgan fingerprint density at radius 2 is 1.38 bits per heavy atom. The average Bonchev–Trinajstić information content (AvgIpc) is 2.37. The third-order valence-corrected chi connectivity index (χ3v) is 1.60. The molecule has 0 saturated heterocycles. The standard InChI is InChI=1S/C6H10O.C4H6O.2CH4O/c7-6-4-2-1-3-5-6;1-3-5-4-2;2*1-2/h1-5H2;3-4H,1-2H2;2*2H,1H3. The molecule has 96 valence electrons. The van der Waals surface area contributed by atoms with E-state index in [1.165, 1.54) is 18.9 Å². The van der Waals surface area contributed by atoms with Crippen LogP contribution in [-0.2, 0) is 9.53 Å². The first-order chi connectivity index (χ1) is 7.81. The van der Waals surface area contributed by atoms with E-state index in [4.69, 9.17) is 10.2 Å². The summed E-state index contributed by atoms with van der Waals surface area (Å²) in [6.07, 6.45) is 7.86. The van der Waals surface area contributed by atoms with Crippen LogP contribution in [0.5, 0.6) is 0 Å². The molecular formula is C12H24O4. The van der Waals surface area contributed by atoms with Crippen LogP contribution in [0, 0.1) is 0 Å². The first kappa shape index (κ1) is 20.3. The Balaban J connectivity index is -0.000000167. The largest absolute Gasteiger partial charge is 0.474 e. The van der Waals surface area contributed by atoms with Gasteiger partial charge < -0.3 is 14.9 Å². The lowest BCUT2D eigenvalue weighted by Gasteiger charge is -2.05. The lowest BCUT2D eigenvalue weighted by Crippen LogP contribution is -2.02. The minimum atomic E-state index is 0.464. The van der Waals surface area contributed by atoms with Gasteiger partial charge in [0, 0.05) is 27.1 Å². The number of aliphatic hydroxyl groups excluding tert-OH is 2. The summed E-state index contributed by atoms with van der Waals surface area (Å²) in [7, 11) is 2.00. The highest BCUT2D eigenvalue weighted by molar-refractivity contribution is 5.78. The molecule has 1 aliphatic carbocycles. The third kappa shape index (κ3) is 23.0. The van der Waals surface area contributed by atoms with E-state index in [-0.39, 0.29) is 0 Å². The van der Waals surface area contributed by atoms with E-state index >= 15 is 0 Å². The zero-order chi connectivity index (χ0) is 13.2. The molecule has 0 amide bonds. The minimum Gasteiger partial charge on any atom is -0.474 e. The fraction of sp³-hybridized carbons (Fsp3) is 0.583. The van der Waals surface area contributed by atoms with E-state index in [9.17, 15) is 4.79 Å². The number of Topliss-reactive ketones (excluding diaryl/α,β-unsaturated/α-hetero) is 1. The topological polar surface area (TPSA) is 66.8 Å². The highest BCUT2D eigenvalue weighted by Crippen LogP contribution is 2.12. The number of ketones is 1. The zero-order valence-corrected chi connectivity index (χ0v) is 10.3. The highest BCUT2D eigenvalue weighted by Gasteiger charge is 2.05.